The third kappa shape index (κ3) is 3.29. The molecular weight excluding hydrogens is 276 g/mol. The summed E-state index contributed by atoms with van der Waals surface area (Å²) in [4.78, 5) is 20.7. The first-order valence-electron chi connectivity index (χ1n) is 8.23. The van der Waals surface area contributed by atoms with E-state index in [1.165, 1.54) is 38.5 Å². The van der Waals surface area contributed by atoms with Crippen LogP contribution in [0.5, 0.6) is 0 Å². The van der Waals surface area contributed by atoms with Crippen molar-refractivity contribution in [3.63, 3.8) is 0 Å². The zero-order chi connectivity index (χ0) is 15.5. The van der Waals surface area contributed by atoms with Crippen LogP contribution >= 0.6 is 0 Å². The lowest BCUT2D eigenvalue weighted by Gasteiger charge is -2.23. The maximum atomic E-state index is 11.7. The van der Waals surface area contributed by atoms with Crippen LogP contribution in [0.4, 0.5) is 5.95 Å². The second-order valence-electron chi connectivity index (χ2n) is 6.51. The van der Waals surface area contributed by atoms with E-state index in [2.05, 4.69) is 22.2 Å². The number of nitrogens with one attached hydrogen (secondary N) is 1. The van der Waals surface area contributed by atoms with Gasteiger partial charge in [0.15, 0.2) is 0 Å². The Morgan fingerprint density at radius 3 is 2.64 bits per heavy atom. The lowest BCUT2D eigenvalue weighted by Crippen LogP contribution is -2.23. The van der Waals surface area contributed by atoms with Crippen molar-refractivity contribution in [1.29, 1.82) is 0 Å². The molecule has 1 N–H and O–H groups in total. The van der Waals surface area contributed by atoms with E-state index >= 15 is 0 Å². The van der Waals surface area contributed by atoms with E-state index in [1.54, 1.807) is 29.9 Å². The SMILES string of the molecule is CC1CCCC(Nc2ncc3ccc(=O)n(C)c3n2)CCC1. The molecule has 1 aliphatic carbocycles. The monoisotopic (exact) mass is 300 g/mol. The standard InChI is InChI=1S/C17H24N4O/c1-12-5-3-7-14(8-4-6-12)19-17-18-11-13-9-10-15(22)21(2)16(13)20-17/h9-12,14H,3-8H2,1-2H3,(H,18,19,20). The number of anilines is 1. The topological polar surface area (TPSA) is 59.8 Å². The van der Waals surface area contributed by atoms with Crippen LogP contribution in [0.25, 0.3) is 11.0 Å². The van der Waals surface area contributed by atoms with E-state index in [4.69, 9.17) is 0 Å². The van der Waals surface area contributed by atoms with Crippen molar-refractivity contribution in [1.82, 2.24) is 14.5 Å². The molecule has 1 aliphatic rings. The molecule has 2 aromatic heterocycles. The second-order valence-corrected chi connectivity index (χ2v) is 6.51. The summed E-state index contributed by atoms with van der Waals surface area (Å²) < 4.78 is 1.57. The molecule has 0 atom stereocenters. The van der Waals surface area contributed by atoms with Crippen LogP contribution in [-0.2, 0) is 7.05 Å². The number of nitrogens with zero attached hydrogens (tertiary/aromatic N) is 3. The first-order chi connectivity index (χ1) is 10.6. The van der Waals surface area contributed by atoms with Crippen molar-refractivity contribution in [3.8, 4) is 0 Å². The molecule has 0 unspecified atom stereocenters. The Morgan fingerprint density at radius 1 is 1.18 bits per heavy atom. The first-order valence-corrected chi connectivity index (χ1v) is 8.23. The van der Waals surface area contributed by atoms with E-state index in [0.717, 1.165) is 11.3 Å². The second kappa shape index (κ2) is 6.46. The highest BCUT2D eigenvalue weighted by Crippen LogP contribution is 2.23. The highest BCUT2D eigenvalue weighted by atomic mass is 16.1. The van der Waals surface area contributed by atoms with Crippen molar-refractivity contribution >= 4 is 17.0 Å². The highest BCUT2D eigenvalue weighted by molar-refractivity contribution is 5.74. The van der Waals surface area contributed by atoms with Gasteiger partial charge in [0.25, 0.3) is 5.56 Å². The van der Waals surface area contributed by atoms with Crippen LogP contribution in [0.2, 0.25) is 0 Å². The van der Waals surface area contributed by atoms with Gasteiger partial charge in [0, 0.05) is 30.7 Å². The summed E-state index contributed by atoms with van der Waals surface area (Å²) in [6.45, 7) is 2.35. The third-order valence-corrected chi connectivity index (χ3v) is 4.68. The molecule has 0 aromatic carbocycles. The molecule has 0 saturated heterocycles. The molecule has 3 rings (SSSR count). The average molecular weight is 300 g/mol. The Balaban J connectivity index is 1.78. The first kappa shape index (κ1) is 15.0. The molecule has 1 saturated carbocycles. The van der Waals surface area contributed by atoms with Crippen molar-refractivity contribution in [2.24, 2.45) is 13.0 Å². The van der Waals surface area contributed by atoms with Gasteiger partial charge in [0.2, 0.25) is 5.95 Å². The molecule has 0 spiro atoms. The van der Waals surface area contributed by atoms with Crippen molar-refractivity contribution < 1.29 is 0 Å². The highest BCUT2D eigenvalue weighted by Gasteiger charge is 2.15. The third-order valence-electron chi connectivity index (χ3n) is 4.68. The van der Waals surface area contributed by atoms with Crippen molar-refractivity contribution in [2.75, 3.05) is 5.32 Å². The molecule has 0 amide bonds. The average Bonchev–Trinajstić information content (AvgIpc) is 2.49. The summed E-state index contributed by atoms with van der Waals surface area (Å²) in [6, 6.07) is 3.76. The van der Waals surface area contributed by atoms with Crippen LogP contribution in [0.15, 0.2) is 23.1 Å². The number of hydrogen-bond donors (Lipinski definition) is 1. The normalized spacial score (nSPS) is 23.0. The molecule has 0 aliphatic heterocycles. The minimum atomic E-state index is -0.0444. The lowest BCUT2D eigenvalue weighted by atomic mass is 9.90. The van der Waals surface area contributed by atoms with Gasteiger partial charge in [-0.15, -0.1) is 0 Å². The van der Waals surface area contributed by atoms with Gasteiger partial charge in [0.05, 0.1) is 0 Å². The van der Waals surface area contributed by atoms with Gasteiger partial charge in [-0.2, -0.15) is 4.98 Å². The van der Waals surface area contributed by atoms with Gasteiger partial charge >= 0.3 is 0 Å². The summed E-state index contributed by atoms with van der Waals surface area (Å²) in [5.41, 5.74) is 0.640. The summed E-state index contributed by atoms with van der Waals surface area (Å²) >= 11 is 0. The van der Waals surface area contributed by atoms with E-state index in [-0.39, 0.29) is 5.56 Å². The number of hydrogen-bond acceptors (Lipinski definition) is 4. The smallest absolute Gasteiger partial charge is 0.251 e. The number of aryl methyl sites for hydroxylation is 1. The van der Waals surface area contributed by atoms with E-state index in [1.807, 2.05) is 0 Å². The molecule has 118 valence electrons. The Bertz CT molecular complexity index is 699. The maximum absolute atomic E-state index is 11.7. The number of rotatable bonds is 2. The minimum absolute atomic E-state index is 0.0444. The van der Waals surface area contributed by atoms with Gasteiger partial charge in [-0.1, -0.05) is 32.6 Å². The molecule has 0 bridgehead atoms. The van der Waals surface area contributed by atoms with E-state index < -0.39 is 0 Å². The van der Waals surface area contributed by atoms with E-state index in [0.29, 0.717) is 17.6 Å². The van der Waals surface area contributed by atoms with Crippen LogP contribution in [0.1, 0.15) is 45.4 Å². The zero-order valence-corrected chi connectivity index (χ0v) is 13.4. The Labute approximate surface area is 130 Å². The quantitative estimate of drug-likeness (QED) is 0.926. The van der Waals surface area contributed by atoms with Crippen molar-refractivity contribution in [2.45, 2.75) is 51.5 Å². The Morgan fingerprint density at radius 2 is 1.91 bits per heavy atom. The predicted octanol–water partition coefficient (Wildman–Crippen LogP) is 3.10. The van der Waals surface area contributed by atoms with E-state index in [9.17, 15) is 4.79 Å². The van der Waals surface area contributed by atoms with Gasteiger partial charge in [-0.3, -0.25) is 9.36 Å². The molecule has 0 radical (unpaired) electrons. The molecule has 1 fully saturated rings. The fourth-order valence-electron chi connectivity index (χ4n) is 3.26. The maximum Gasteiger partial charge on any atom is 0.251 e. The Hall–Kier alpha value is -1.91. The molecule has 5 nitrogen and oxygen atoms in total. The largest absolute Gasteiger partial charge is 0.351 e. The molecule has 2 heterocycles. The molecule has 5 heteroatoms. The summed E-state index contributed by atoms with van der Waals surface area (Å²) in [7, 11) is 1.75. The van der Waals surface area contributed by atoms with Crippen LogP contribution in [0.3, 0.4) is 0 Å². The van der Waals surface area contributed by atoms with Gasteiger partial charge in [-0.05, 0) is 24.8 Å². The fraction of sp³-hybridized carbons (Fsp3) is 0.588. The summed E-state index contributed by atoms with van der Waals surface area (Å²) in [5.74, 6) is 1.49. The number of pyridine rings is 1. The molecule has 2 aromatic rings. The summed E-state index contributed by atoms with van der Waals surface area (Å²) in [5, 5.41) is 4.35. The Kier molecular flexibility index (Phi) is 4.41. The molecular formula is C17H24N4O. The van der Waals surface area contributed by atoms with Crippen LogP contribution < -0.4 is 10.9 Å². The minimum Gasteiger partial charge on any atom is -0.351 e. The predicted molar refractivity (Wildman–Crippen MR) is 89.1 cm³/mol. The van der Waals surface area contributed by atoms with Gasteiger partial charge < -0.3 is 5.32 Å². The number of fused-ring (bicyclic) bond motifs is 1. The van der Waals surface area contributed by atoms with Gasteiger partial charge in [0.1, 0.15) is 5.65 Å². The fourth-order valence-corrected chi connectivity index (χ4v) is 3.26. The van der Waals surface area contributed by atoms with Crippen molar-refractivity contribution in [3.05, 3.63) is 28.7 Å². The number of aromatic nitrogens is 3. The van der Waals surface area contributed by atoms with Gasteiger partial charge in [-0.25, -0.2) is 4.98 Å². The zero-order valence-electron chi connectivity index (χ0n) is 13.4. The summed E-state index contributed by atoms with van der Waals surface area (Å²) in [6.07, 6.45) is 9.25. The molecule has 22 heavy (non-hydrogen) atoms. The van der Waals surface area contributed by atoms with Crippen LogP contribution in [-0.4, -0.2) is 20.6 Å². The lowest BCUT2D eigenvalue weighted by molar-refractivity contribution is 0.387. The van der Waals surface area contributed by atoms with Crippen LogP contribution in [0, 0.1) is 5.92 Å².